The molecule has 122 valence electrons. The van der Waals surface area contributed by atoms with E-state index < -0.39 is 0 Å². The number of hydrogen-bond acceptors (Lipinski definition) is 4. The molecular weight excluding hydrogens is 328 g/mol. The third kappa shape index (κ3) is 3.56. The first kappa shape index (κ1) is 15.5. The molecule has 0 atom stereocenters. The maximum Gasteiger partial charge on any atom is 0.223 e. The van der Waals surface area contributed by atoms with E-state index in [9.17, 15) is 0 Å². The van der Waals surface area contributed by atoms with Gasteiger partial charge in [-0.3, -0.25) is 9.98 Å². The second kappa shape index (κ2) is 7.23. The summed E-state index contributed by atoms with van der Waals surface area (Å²) in [6.07, 6.45) is 3.60. The van der Waals surface area contributed by atoms with E-state index in [1.165, 1.54) is 0 Å². The van der Waals surface area contributed by atoms with Gasteiger partial charge in [0.15, 0.2) is 5.82 Å². The van der Waals surface area contributed by atoms with Gasteiger partial charge >= 0.3 is 0 Å². The van der Waals surface area contributed by atoms with Crippen LogP contribution in [0.4, 0.5) is 0 Å². The van der Waals surface area contributed by atoms with Crippen LogP contribution in [0.1, 0.15) is 5.56 Å². The second-order valence-corrected chi connectivity index (χ2v) is 6.40. The van der Waals surface area contributed by atoms with Crippen LogP contribution in [0.5, 0.6) is 0 Å². The predicted molar refractivity (Wildman–Crippen MR) is 100 cm³/mol. The molecule has 0 bridgehead atoms. The highest BCUT2D eigenvalue weighted by atomic mass is 32.1. The highest BCUT2D eigenvalue weighted by molar-refractivity contribution is 7.04. The minimum Gasteiger partial charge on any atom is -0.264 e. The van der Waals surface area contributed by atoms with E-state index in [4.69, 9.17) is 4.98 Å². The van der Waals surface area contributed by atoms with E-state index >= 15 is 0 Å². The Morgan fingerprint density at radius 1 is 0.880 bits per heavy atom. The van der Waals surface area contributed by atoms with Crippen molar-refractivity contribution in [3.63, 3.8) is 0 Å². The lowest BCUT2D eigenvalue weighted by Gasteiger charge is -2.05. The van der Waals surface area contributed by atoms with E-state index in [0.717, 1.165) is 27.4 Å². The lowest BCUT2D eigenvalue weighted by atomic mass is 10.2. The van der Waals surface area contributed by atoms with Gasteiger partial charge in [0.2, 0.25) is 4.80 Å². The molecule has 0 aliphatic rings. The number of aromatic nitrogens is 3. The first-order chi connectivity index (χ1) is 12.4. The van der Waals surface area contributed by atoms with E-state index in [2.05, 4.69) is 38.2 Å². The highest BCUT2D eigenvalue weighted by Gasteiger charge is 2.10. The summed E-state index contributed by atoms with van der Waals surface area (Å²) in [5, 5.41) is 0. The van der Waals surface area contributed by atoms with Gasteiger partial charge in [0.05, 0.1) is 12.2 Å². The van der Waals surface area contributed by atoms with Crippen molar-refractivity contribution in [3.8, 4) is 17.1 Å². The highest BCUT2D eigenvalue weighted by Crippen LogP contribution is 2.21. The smallest absolute Gasteiger partial charge is 0.223 e. The quantitative estimate of drug-likeness (QED) is 0.559. The summed E-state index contributed by atoms with van der Waals surface area (Å²) in [6, 6.07) is 24.4. The molecule has 2 aromatic carbocycles. The Morgan fingerprint density at radius 3 is 2.36 bits per heavy atom. The fourth-order valence-electron chi connectivity index (χ4n) is 2.50. The Labute approximate surface area is 150 Å². The summed E-state index contributed by atoms with van der Waals surface area (Å²) in [7, 11) is 0. The molecule has 0 N–H and O–H groups in total. The number of benzene rings is 2. The summed E-state index contributed by atoms with van der Waals surface area (Å²) in [5.41, 5.74) is 3.23. The van der Waals surface area contributed by atoms with Gasteiger partial charge in [-0.1, -0.05) is 54.6 Å². The van der Waals surface area contributed by atoms with Crippen molar-refractivity contribution in [3.05, 3.63) is 95.6 Å². The van der Waals surface area contributed by atoms with Crippen LogP contribution in [0, 0.1) is 0 Å². The van der Waals surface area contributed by atoms with Gasteiger partial charge in [0.25, 0.3) is 0 Å². The largest absolute Gasteiger partial charge is 0.264 e. The molecule has 0 fully saturated rings. The van der Waals surface area contributed by atoms with Crippen molar-refractivity contribution in [1.82, 2.24) is 13.9 Å². The molecule has 2 heterocycles. The van der Waals surface area contributed by atoms with Gasteiger partial charge in [0, 0.05) is 18.0 Å². The van der Waals surface area contributed by atoms with E-state index in [1.807, 2.05) is 54.7 Å². The maximum absolute atomic E-state index is 4.77. The van der Waals surface area contributed by atoms with Gasteiger partial charge in [-0.2, -0.15) is 4.98 Å². The van der Waals surface area contributed by atoms with Crippen LogP contribution in [0.15, 0.2) is 90.2 Å². The minimum atomic E-state index is 0.574. The van der Waals surface area contributed by atoms with Crippen molar-refractivity contribution in [2.75, 3.05) is 0 Å². The molecule has 4 nitrogen and oxygen atoms in total. The fourth-order valence-corrected chi connectivity index (χ4v) is 3.38. The third-order valence-electron chi connectivity index (χ3n) is 3.71. The lowest BCUT2D eigenvalue weighted by molar-refractivity contribution is 0.980. The maximum atomic E-state index is 4.77. The standard InChI is InChI=1S/C20H16N4S/c1-3-9-17(10-4-1)19-23-20(22-15-16-8-7-13-21-14-16)25-24(19)18-11-5-2-6-12-18/h1-14H,15H2. The molecule has 0 aliphatic heterocycles. The molecule has 4 rings (SSSR count). The summed E-state index contributed by atoms with van der Waals surface area (Å²) in [6.45, 7) is 0.574. The van der Waals surface area contributed by atoms with Crippen molar-refractivity contribution >= 4 is 11.5 Å². The second-order valence-electron chi connectivity index (χ2n) is 5.48. The third-order valence-corrected chi connectivity index (χ3v) is 4.66. The van der Waals surface area contributed by atoms with Crippen LogP contribution in [-0.4, -0.2) is 13.9 Å². The first-order valence-corrected chi connectivity index (χ1v) is 8.78. The number of pyridine rings is 1. The lowest BCUT2D eigenvalue weighted by Crippen LogP contribution is -1.99. The van der Waals surface area contributed by atoms with Gasteiger partial charge < -0.3 is 0 Å². The number of nitrogens with zero attached hydrogens (tertiary/aromatic N) is 4. The first-order valence-electron chi connectivity index (χ1n) is 8.01. The van der Waals surface area contributed by atoms with E-state index in [-0.39, 0.29) is 0 Å². The SMILES string of the molecule is c1ccc(-c2nc(=NCc3cccnc3)sn2-c2ccccc2)cc1. The van der Waals surface area contributed by atoms with E-state index in [0.29, 0.717) is 6.54 Å². The summed E-state index contributed by atoms with van der Waals surface area (Å²) >= 11 is 1.55. The molecule has 0 amide bonds. The minimum absolute atomic E-state index is 0.574. The summed E-state index contributed by atoms with van der Waals surface area (Å²) in [4.78, 5) is 14.3. The topological polar surface area (TPSA) is 43.1 Å². The van der Waals surface area contributed by atoms with Crippen molar-refractivity contribution in [1.29, 1.82) is 0 Å². The Kier molecular flexibility index (Phi) is 4.48. The van der Waals surface area contributed by atoms with Crippen LogP contribution >= 0.6 is 11.5 Å². The monoisotopic (exact) mass is 344 g/mol. The Morgan fingerprint density at radius 2 is 1.64 bits per heavy atom. The molecular formula is C20H16N4S. The average molecular weight is 344 g/mol. The van der Waals surface area contributed by atoms with Crippen molar-refractivity contribution in [2.24, 2.45) is 4.99 Å². The number of para-hydroxylation sites is 1. The van der Waals surface area contributed by atoms with Crippen LogP contribution in [-0.2, 0) is 6.54 Å². The van der Waals surface area contributed by atoms with Gasteiger partial charge in [-0.25, -0.2) is 3.96 Å². The zero-order chi connectivity index (χ0) is 16.9. The van der Waals surface area contributed by atoms with Gasteiger partial charge in [-0.05, 0) is 35.3 Å². The molecule has 0 unspecified atom stereocenters. The van der Waals surface area contributed by atoms with Crippen LogP contribution in [0.2, 0.25) is 0 Å². The number of hydrogen-bond donors (Lipinski definition) is 0. The van der Waals surface area contributed by atoms with Gasteiger partial charge in [-0.15, -0.1) is 0 Å². The van der Waals surface area contributed by atoms with Gasteiger partial charge in [0.1, 0.15) is 0 Å². The zero-order valence-electron chi connectivity index (χ0n) is 13.5. The van der Waals surface area contributed by atoms with Crippen molar-refractivity contribution < 1.29 is 0 Å². The Hall–Kier alpha value is -3.05. The Bertz CT molecular complexity index is 946. The van der Waals surface area contributed by atoms with Crippen LogP contribution in [0.25, 0.3) is 17.1 Å². The summed E-state index contributed by atoms with van der Waals surface area (Å²) in [5.74, 6) is 0.904. The molecule has 25 heavy (non-hydrogen) atoms. The molecule has 0 spiro atoms. The average Bonchev–Trinajstić information content (AvgIpc) is 3.13. The van der Waals surface area contributed by atoms with E-state index in [1.54, 1.807) is 17.7 Å². The van der Waals surface area contributed by atoms with Crippen LogP contribution < -0.4 is 4.80 Å². The molecule has 2 aromatic heterocycles. The molecule has 0 radical (unpaired) electrons. The molecule has 0 saturated heterocycles. The number of rotatable bonds is 4. The normalized spacial score (nSPS) is 11.6. The fraction of sp³-hybridized carbons (Fsp3) is 0.0500. The Balaban J connectivity index is 1.78. The van der Waals surface area contributed by atoms with Crippen LogP contribution in [0.3, 0.4) is 0 Å². The molecule has 0 saturated carbocycles. The predicted octanol–water partition coefficient (Wildman–Crippen LogP) is 4.10. The summed E-state index contributed by atoms with van der Waals surface area (Å²) < 4.78 is 2.12. The van der Waals surface area contributed by atoms with Crippen molar-refractivity contribution in [2.45, 2.75) is 6.54 Å². The molecule has 0 aliphatic carbocycles. The zero-order valence-corrected chi connectivity index (χ0v) is 14.3. The molecule has 4 aromatic rings. The molecule has 5 heteroatoms.